The number of likely N-dealkylation sites (N-methyl/N-ethyl adjacent to an activating group) is 1. The van der Waals surface area contributed by atoms with Crippen LogP contribution in [-0.2, 0) is 17.6 Å². The van der Waals surface area contributed by atoms with Crippen LogP contribution in [0.4, 0.5) is 0 Å². The minimum atomic E-state index is -0.165. The third kappa shape index (κ3) is 4.10. The molecule has 23 heavy (non-hydrogen) atoms. The first-order chi connectivity index (χ1) is 11.0. The molecule has 2 amide bonds. The lowest BCUT2D eigenvalue weighted by Gasteiger charge is -2.23. The number of amides is 2. The number of hydrogen-bond donors (Lipinski definition) is 2. The molecule has 7 nitrogen and oxygen atoms in total. The minimum absolute atomic E-state index is 0.000334. The lowest BCUT2D eigenvalue weighted by molar-refractivity contribution is -0.122. The first kappa shape index (κ1) is 16.0. The summed E-state index contributed by atoms with van der Waals surface area (Å²) in [4.78, 5) is 26.0. The molecule has 0 aromatic carbocycles. The molecule has 2 aliphatic carbocycles. The highest BCUT2D eigenvalue weighted by Gasteiger charge is 2.30. The third-order valence-electron chi connectivity index (χ3n) is 4.33. The van der Waals surface area contributed by atoms with Crippen molar-refractivity contribution in [1.29, 1.82) is 0 Å². The van der Waals surface area contributed by atoms with Gasteiger partial charge in [-0.2, -0.15) is 0 Å². The lowest BCUT2D eigenvalue weighted by Crippen LogP contribution is -2.43. The van der Waals surface area contributed by atoms with Crippen molar-refractivity contribution in [3.05, 3.63) is 17.0 Å². The molecule has 3 rings (SSSR count). The predicted octanol–water partition coefficient (Wildman–Crippen LogP) is 0.350. The van der Waals surface area contributed by atoms with Crippen molar-refractivity contribution < 1.29 is 14.1 Å². The Morgan fingerprint density at radius 3 is 2.78 bits per heavy atom. The smallest absolute Gasteiger partial charge is 0.273 e. The van der Waals surface area contributed by atoms with Gasteiger partial charge < -0.3 is 20.1 Å². The molecule has 2 aliphatic rings. The first-order valence-corrected chi connectivity index (χ1v) is 8.22. The molecule has 126 valence electrons. The van der Waals surface area contributed by atoms with Crippen molar-refractivity contribution in [1.82, 2.24) is 20.7 Å². The molecule has 1 aromatic heterocycles. The van der Waals surface area contributed by atoms with Gasteiger partial charge in [-0.15, -0.1) is 0 Å². The van der Waals surface area contributed by atoms with Gasteiger partial charge >= 0.3 is 0 Å². The summed E-state index contributed by atoms with van der Waals surface area (Å²) in [6.07, 6.45) is 4.49. The molecule has 2 N–H and O–H groups in total. The van der Waals surface area contributed by atoms with Crippen LogP contribution >= 0.6 is 0 Å². The fourth-order valence-corrected chi connectivity index (χ4v) is 2.91. The van der Waals surface area contributed by atoms with E-state index in [9.17, 15) is 9.59 Å². The number of rotatable bonds is 6. The Morgan fingerprint density at radius 1 is 1.30 bits per heavy atom. The summed E-state index contributed by atoms with van der Waals surface area (Å²) in [7, 11) is 3.72. The standard InChI is InChI=1S/C16H24N4O3/c1-20(2)9-14(21)18-11-5-6-13-12(7-11)15(19-23-13)16(22)17-8-10-3-4-10/h10-11H,3-9H2,1-2H3,(H,17,22)(H,18,21). The van der Waals surface area contributed by atoms with Crippen LogP contribution in [0.25, 0.3) is 0 Å². The molecule has 7 heteroatoms. The van der Waals surface area contributed by atoms with Crippen molar-refractivity contribution in [3.63, 3.8) is 0 Å². The number of fused-ring (bicyclic) bond motifs is 1. The number of carbonyl (C=O) groups is 2. The molecule has 0 bridgehead atoms. The second kappa shape index (κ2) is 6.70. The number of carbonyl (C=O) groups excluding carboxylic acids is 2. The van der Waals surface area contributed by atoms with E-state index in [4.69, 9.17) is 4.52 Å². The summed E-state index contributed by atoms with van der Waals surface area (Å²) in [6.45, 7) is 1.07. The van der Waals surface area contributed by atoms with Crippen molar-refractivity contribution in [2.24, 2.45) is 5.92 Å². The Morgan fingerprint density at radius 2 is 2.09 bits per heavy atom. The van der Waals surface area contributed by atoms with E-state index in [-0.39, 0.29) is 17.9 Å². The van der Waals surface area contributed by atoms with Crippen LogP contribution in [0.3, 0.4) is 0 Å². The average Bonchev–Trinajstić information content (AvgIpc) is 3.22. The maximum atomic E-state index is 12.3. The monoisotopic (exact) mass is 320 g/mol. The molecule has 0 aliphatic heterocycles. The van der Waals surface area contributed by atoms with E-state index in [0.29, 0.717) is 37.5 Å². The van der Waals surface area contributed by atoms with Crippen molar-refractivity contribution in [2.75, 3.05) is 27.2 Å². The van der Waals surface area contributed by atoms with Crippen LogP contribution in [0.5, 0.6) is 0 Å². The SMILES string of the molecule is CN(C)CC(=O)NC1CCc2onc(C(=O)NCC3CC3)c2C1. The van der Waals surface area contributed by atoms with E-state index >= 15 is 0 Å². The van der Waals surface area contributed by atoms with Crippen LogP contribution < -0.4 is 10.6 Å². The molecule has 1 saturated carbocycles. The number of aryl methyl sites for hydroxylation is 1. The Bertz CT molecular complexity index is 592. The summed E-state index contributed by atoms with van der Waals surface area (Å²) in [6, 6.07) is 0.0318. The van der Waals surface area contributed by atoms with Crippen molar-refractivity contribution in [3.8, 4) is 0 Å². The van der Waals surface area contributed by atoms with Crippen LogP contribution in [-0.4, -0.2) is 55.1 Å². The van der Waals surface area contributed by atoms with E-state index in [1.165, 1.54) is 12.8 Å². The highest BCUT2D eigenvalue weighted by Crippen LogP contribution is 2.28. The van der Waals surface area contributed by atoms with Gasteiger partial charge in [-0.05, 0) is 45.7 Å². The largest absolute Gasteiger partial charge is 0.360 e. The molecule has 1 atom stereocenters. The maximum Gasteiger partial charge on any atom is 0.273 e. The predicted molar refractivity (Wildman–Crippen MR) is 84.1 cm³/mol. The Kier molecular flexibility index (Phi) is 4.66. The van der Waals surface area contributed by atoms with E-state index in [2.05, 4.69) is 15.8 Å². The number of nitrogens with one attached hydrogen (secondary N) is 2. The number of nitrogens with zero attached hydrogens (tertiary/aromatic N) is 2. The fraction of sp³-hybridized carbons (Fsp3) is 0.688. The summed E-state index contributed by atoms with van der Waals surface area (Å²) >= 11 is 0. The molecule has 0 saturated heterocycles. The summed E-state index contributed by atoms with van der Waals surface area (Å²) in [5, 5.41) is 9.90. The summed E-state index contributed by atoms with van der Waals surface area (Å²) in [5.74, 6) is 1.24. The van der Waals surface area contributed by atoms with Gasteiger partial charge in [0, 0.05) is 24.6 Å². The van der Waals surface area contributed by atoms with Crippen LogP contribution in [0.1, 0.15) is 41.1 Å². The molecule has 0 radical (unpaired) electrons. The van der Waals surface area contributed by atoms with Gasteiger partial charge in [0.15, 0.2) is 5.69 Å². The molecule has 1 heterocycles. The normalized spacial score (nSPS) is 20.2. The van der Waals surface area contributed by atoms with Crippen LogP contribution in [0.15, 0.2) is 4.52 Å². The highest BCUT2D eigenvalue weighted by molar-refractivity contribution is 5.94. The van der Waals surface area contributed by atoms with Gasteiger partial charge in [0.25, 0.3) is 5.91 Å². The van der Waals surface area contributed by atoms with Gasteiger partial charge in [0.05, 0.1) is 6.54 Å². The van der Waals surface area contributed by atoms with E-state index in [1.54, 1.807) is 0 Å². The minimum Gasteiger partial charge on any atom is -0.360 e. The molecule has 1 unspecified atom stereocenters. The van der Waals surface area contributed by atoms with E-state index in [0.717, 1.165) is 17.7 Å². The van der Waals surface area contributed by atoms with E-state index < -0.39 is 0 Å². The number of aromatic nitrogens is 1. The maximum absolute atomic E-state index is 12.3. The highest BCUT2D eigenvalue weighted by atomic mass is 16.5. The van der Waals surface area contributed by atoms with Gasteiger partial charge in [-0.25, -0.2) is 0 Å². The van der Waals surface area contributed by atoms with Gasteiger partial charge in [0.2, 0.25) is 5.91 Å². The van der Waals surface area contributed by atoms with Crippen LogP contribution in [0.2, 0.25) is 0 Å². The van der Waals surface area contributed by atoms with E-state index in [1.807, 2.05) is 19.0 Å². The number of hydrogen-bond acceptors (Lipinski definition) is 5. The summed E-state index contributed by atoms with van der Waals surface area (Å²) < 4.78 is 5.32. The zero-order chi connectivity index (χ0) is 16.4. The second-order valence-corrected chi connectivity index (χ2v) is 6.83. The quantitative estimate of drug-likeness (QED) is 0.790. The third-order valence-corrected chi connectivity index (χ3v) is 4.33. The zero-order valence-electron chi connectivity index (χ0n) is 13.7. The lowest BCUT2D eigenvalue weighted by atomic mass is 9.92. The van der Waals surface area contributed by atoms with Gasteiger partial charge in [0.1, 0.15) is 5.76 Å². The topological polar surface area (TPSA) is 87.5 Å². The Labute approximate surface area is 135 Å². The first-order valence-electron chi connectivity index (χ1n) is 8.22. The average molecular weight is 320 g/mol. The molecular weight excluding hydrogens is 296 g/mol. The Hall–Kier alpha value is -1.89. The van der Waals surface area contributed by atoms with Crippen LogP contribution in [0, 0.1) is 5.92 Å². The molecule has 0 spiro atoms. The van der Waals surface area contributed by atoms with Gasteiger partial charge in [-0.3, -0.25) is 9.59 Å². The molecule has 1 fully saturated rings. The Balaban J connectivity index is 1.61. The van der Waals surface area contributed by atoms with Crippen molar-refractivity contribution in [2.45, 2.75) is 38.1 Å². The summed E-state index contributed by atoms with van der Waals surface area (Å²) in [5.41, 5.74) is 1.23. The van der Waals surface area contributed by atoms with Crippen molar-refractivity contribution >= 4 is 11.8 Å². The second-order valence-electron chi connectivity index (χ2n) is 6.83. The molecule has 1 aromatic rings. The zero-order valence-corrected chi connectivity index (χ0v) is 13.7. The van der Waals surface area contributed by atoms with Gasteiger partial charge in [-0.1, -0.05) is 5.16 Å². The molecular formula is C16H24N4O3. The fourth-order valence-electron chi connectivity index (χ4n) is 2.91.